The molecular formula is C16H22N4O. The first-order valence-corrected chi connectivity index (χ1v) is 7.49. The summed E-state index contributed by atoms with van der Waals surface area (Å²) in [6.45, 7) is 0.519. The molecule has 21 heavy (non-hydrogen) atoms. The van der Waals surface area contributed by atoms with Gasteiger partial charge in [0.15, 0.2) is 0 Å². The number of nitrogens with one attached hydrogen (secondary N) is 2. The van der Waals surface area contributed by atoms with E-state index in [2.05, 4.69) is 10.3 Å². The topological polar surface area (TPSA) is 96.9 Å². The lowest BCUT2D eigenvalue weighted by molar-refractivity contribution is -0.122. The molecule has 1 aromatic carbocycles. The third-order valence-corrected chi connectivity index (χ3v) is 4.19. The Morgan fingerprint density at radius 2 is 2.10 bits per heavy atom. The summed E-state index contributed by atoms with van der Waals surface area (Å²) in [4.78, 5) is 15.2. The van der Waals surface area contributed by atoms with E-state index in [1.807, 2.05) is 30.5 Å². The minimum atomic E-state index is -0.546. The minimum Gasteiger partial charge on any atom is -0.361 e. The van der Waals surface area contributed by atoms with Gasteiger partial charge in [-0.05, 0) is 36.8 Å². The Labute approximate surface area is 124 Å². The van der Waals surface area contributed by atoms with Gasteiger partial charge in [-0.15, -0.1) is 0 Å². The summed E-state index contributed by atoms with van der Waals surface area (Å²) in [6.07, 6.45) is 4.80. The fraction of sp³-hybridized carbons (Fsp3) is 0.438. The van der Waals surface area contributed by atoms with E-state index in [9.17, 15) is 4.79 Å². The number of carbonyl (C=O) groups is 1. The monoisotopic (exact) mass is 286 g/mol. The van der Waals surface area contributed by atoms with Crippen LogP contribution in [0.1, 0.15) is 18.4 Å². The number of para-hydroxylation sites is 1. The highest BCUT2D eigenvalue weighted by molar-refractivity contribution is 5.86. The average molecular weight is 286 g/mol. The van der Waals surface area contributed by atoms with Crippen LogP contribution >= 0.6 is 0 Å². The van der Waals surface area contributed by atoms with E-state index < -0.39 is 6.04 Å². The van der Waals surface area contributed by atoms with E-state index in [0.29, 0.717) is 18.9 Å². The molecular weight excluding hydrogens is 264 g/mol. The standard InChI is InChI=1S/C16H22N4O/c17-13(16(21)20-9-14(18)10-5-6-10)7-11-8-19-15-4-2-1-3-12(11)15/h1-4,8,10,13-14,19H,5-7,9,17-18H2,(H,20,21)/t13-,14?/m0/s1. The molecule has 1 aromatic heterocycles. The van der Waals surface area contributed by atoms with Crippen molar-refractivity contribution in [1.29, 1.82) is 0 Å². The smallest absolute Gasteiger partial charge is 0.237 e. The molecule has 5 heteroatoms. The van der Waals surface area contributed by atoms with Crippen molar-refractivity contribution in [3.63, 3.8) is 0 Å². The van der Waals surface area contributed by atoms with E-state index in [1.165, 1.54) is 12.8 Å². The van der Waals surface area contributed by atoms with Gasteiger partial charge >= 0.3 is 0 Å². The third-order valence-electron chi connectivity index (χ3n) is 4.19. The molecule has 1 aliphatic carbocycles. The number of hydrogen-bond donors (Lipinski definition) is 4. The van der Waals surface area contributed by atoms with E-state index in [4.69, 9.17) is 11.5 Å². The van der Waals surface area contributed by atoms with Gasteiger partial charge in [-0.1, -0.05) is 18.2 Å². The zero-order valence-corrected chi connectivity index (χ0v) is 12.0. The summed E-state index contributed by atoms with van der Waals surface area (Å²) in [5.41, 5.74) is 14.1. The number of nitrogens with two attached hydrogens (primary N) is 2. The highest BCUT2D eigenvalue weighted by Crippen LogP contribution is 2.31. The highest BCUT2D eigenvalue weighted by Gasteiger charge is 2.28. The van der Waals surface area contributed by atoms with Crippen molar-refractivity contribution < 1.29 is 4.79 Å². The number of aromatic nitrogens is 1. The van der Waals surface area contributed by atoms with Crippen LogP contribution in [0.15, 0.2) is 30.5 Å². The number of H-pyrrole nitrogens is 1. The second kappa shape index (κ2) is 5.87. The SMILES string of the molecule is NC(CNC(=O)[C@@H](N)Cc1c[nH]c2ccccc12)C1CC1. The summed E-state index contributed by atoms with van der Waals surface area (Å²) < 4.78 is 0. The molecule has 5 nitrogen and oxygen atoms in total. The Morgan fingerprint density at radius 1 is 1.33 bits per heavy atom. The van der Waals surface area contributed by atoms with Crippen molar-refractivity contribution in [2.45, 2.75) is 31.3 Å². The van der Waals surface area contributed by atoms with Crippen molar-refractivity contribution in [2.75, 3.05) is 6.54 Å². The maximum atomic E-state index is 12.1. The van der Waals surface area contributed by atoms with Gasteiger partial charge in [0.25, 0.3) is 0 Å². The van der Waals surface area contributed by atoms with Gasteiger partial charge in [-0.25, -0.2) is 0 Å². The largest absolute Gasteiger partial charge is 0.361 e. The van der Waals surface area contributed by atoms with Gasteiger partial charge < -0.3 is 21.8 Å². The van der Waals surface area contributed by atoms with Crippen LogP contribution in [0, 0.1) is 5.92 Å². The van der Waals surface area contributed by atoms with E-state index in [0.717, 1.165) is 16.5 Å². The molecule has 0 spiro atoms. The summed E-state index contributed by atoms with van der Waals surface area (Å²) in [5, 5.41) is 3.99. The van der Waals surface area contributed by atoms with Crippen LogP contribution in [0.3, 0.4) is 0 Å². The summed E-state index contributed by atoms with van der Waals surface area (Å²) >= 11 is 0. The predicted molar refractivity (Wildman–Crippen MR) is 83.7 cm³/mol. The Hall–Kier alpha value is -1.85. The molecule has 1 fully saturated rings. The quantitative estimate of drug-likeness (QED) is 0.635. The van der Waals surface area contributed by atoms with Crippen LogP contribution in [-0.2, 0) is 11.2 Å². The summed E-state index contributed by atoms with van der Waals surface area (Å²) in [6, 6.07) is 7.53. The second-order valence-electron chi connectivity index (χ2n) is 5.92. The maximum absolute atomic E-state index is 12.1. The number of benzene rings is 1. The predicted octanol–water partition coefficient (Wildman–Crippen LogP) is 0.891. The Kier molecular flexibility index (Phi) is 3.94. The molecule has 3 rings (SSSR count). The molecule has 0 bridgehead atoms. The fourth-order valence-electron chi connectivity index (χ4n) is 2.67. The van der Waals surface area contributed by atoms with Crippen molar-refractivity contribution in [3.05, 3.63) is 36.0 Å². The molecule has 0 saturated heterocycles. The van der Waals surface area contributed by atoms with Gasteiger partial charge in [-0.3, -0.25) is 4.79 Å². The molecule has 6 N–H and O–H groups in total. The van der Waals surface area contributed by atoms with E-state index in [-0.39, 0.29) is 11.9 Å². The molecule has 1 unspecified atom stereocenters. The molecule has 0 aliphatic heterocycles. The minimum absolute atomic E-state index is 0.0641. The van der Waals surface area contributed by atoms with Crippen LogP contribution in [0.4, 0.5) is 0 Å². The first-order chi connectivity index (χ1) is 10.1. The Bertz CT molecular complexity index is 632. The lowest BCUT2D eigenvalue weighted by Crippen LogP contribution is -2.46. The number of rotatable bonds is 6. The van der Waals surface area contributed by atoms with Crippen molar-refractivity contribution in [1.82, 2.24) is 10.3 Å². The van der Waals surface area contributed by atoms with Gasteiger partial charge in [0, 0.05) is 29.7 Å². The molecule has 1 saturated carbocycles. The first-order valence-electron chi connectivity index (χ1n) is 7.49. The second-order valence-corrected chi connectivity index (χ2v) is 5.92. The highest BCUT2D eigenvalue weighted by atomic mass is 16.2. The Balaban J connectivity index is 1.57. The molecule has 2 aromatic rings. The number of fused-ring (bicyclic) bond motifs is 1. The van der Waals surface area contributed by atoms with Gasteiger partial charge in [0.1, 0.15) is 0 Å². The molecule has 0 radical (unpaired) electrons. The number of aromatic amines is 1. The van der Waals surface area contributed by atoms with Crippen LogP contribution in [0.5, 0.6) is 0 Å². The third kappa shape index (κ3) is 3.25. The number of amides is 1. The van der Waals surface area contributed by atoms with Crippen molar-refractivity contribution in [3.8, 4) is 0 Å². The Morgan fingerprint density at radius 3 is 2.86 bits per heavy atom. The first kappa shape index (κ1) is 14.1. The van der Waals surface area contributed by atoms with Crippen LogP contribution in [-0.4, -0.2) is 29.5 Å². The van der Waals surface area contributed by atoms with Gasteiger partial charge in [0.2, 0.25) is 5.91 Å². The number of carbonyl (C=O) groups excluding carboxylic acids is 1. The summed E-state index contributed by atoms with van der Waals surface area (Å²) in [5.74, 6) is 0.450. The van der Waals surface area contributed by atoms with E-state index >= 15 is 0 Å². The normalized spacial score (nSPS) is 17.6. The summed E-state index contributed by atoms with van der Waals surface area (Å²) in [7, 11) is 0. The zero-order chi connectivity index (χ0) is 14.8. The average Bonchev–Trinajstić information content (AvgIpc) is 3.27. The lowest BCUT2D eigenvalue weighted by atomic mass is 10.0. The maximum Gasteiger partial charge on any atom is 0.237 e. The molecule has 1 aliphatic rings. The van der Waals surface area contributed by atoms with Crippen molar-refractivity contribution >= 4 is 16.8 Å². The van der Waals surface area contributed by atoms with Gasteiger partial charge in [-0.2, -0.15) is 0 Å². The van der Waals surface area contributed by atoms with Gasteiger partial charge in [0.05, 0.1) is 6.04 Å². The number of hydrogen-bond acceptors (Lipinski definition) is 3. The van der Waals surface area contributed by atoms with E-state index in [1.54, 1.807) is 0 Å². The van der Waals surface area contributed by atoms with Crippen LogP contribution < -0.4 is 16.8 Å². The lowest BCUT2D eigenvalue weighted by Gasteiger charge is -2.15. The van der Waals surface area contributed by atoms with Crippen molar-refractivity contribution in [2.24, 2.45) is 17.4 Å². The van der Waals surface area contributed by atoms with Crippen LogP contribution in [0.2, 0.25) is 0 Å². The molecule has 2 atom stereocenters. The molecule has 112 valence electrons. The fourth-order valence-corrected chi connectivity index (χ4v) is 2.67. The van der Waals surface area contributed by atoms with Crippen LogP contribution in [0.25, 0.3) is 10.9 Å². The molecule has 1 amide bonds. The molecule has 1 heterocycles. The zero-order valence-electron chi connectivity index (χ0n) is 12.0.